The van der Waals surface area contributed by atoms with Crippen LogP contribution in [0.2, 0.25) is 0 Å². The van der Waals surface area contributed by atoms with Gasteiger partial charge in [-0.3, -0.25) is 0 Å². The Hall–Kier alpha value is -1.59. The number of rotatable bonds is 4. The molecular weight excluding hydrogens is 242 g/mol. The van der Waals surface area contributed by atoms with Gasteiger partial charge in [-0.25, -0.2) is 10.7 Å². The van der Waals surface area contributed by atoms with E-state index in [4.69, 9.17) is 5.90 Å². The second-order valence-electron chi connectivity index (χ2n) is 4.89. The molecule has 2 rings (SSSR count). The Bertz CT molecular complexity index is 389. The van der Waals surface area contributed by atoms with Crippen LogP contribution in [-0.2, 0) is 4.84 Å². The van der Waals surface area contributed by atoms with Gasteiger partial charge in [-0.2, -0.15) is 0 Å². The molecule has 0 atom stereocenters. The van der Waals surface area contributed by atoms with Crippen LogP contribution in [0.1, 0.15) is 19.3 Å². The molecule has 5 nitrogen and oxygen atoms in total. The molecule has 0 radical (unpaired) electrons. The normalized spacial score (nSPS) is 16.4. The quantitative estimate of drug-likeness (QED) is 0.818. The Kier molecular flexibility index (Phi) is 5.18. The number of benzene rings is 1. The van der Waals surface area contributed by atoms with Crippen LogP contribution in [0.5, 0.6) is 0 Å². The van der Waals surface area contributed by atoms with Gasteiger partial charge in [-0.15, -0.1) is 0 Å². The predicted molar refractivity (Wildman–Crippen MR) is 74.5 cm³/mol. The molecule has 1 aromatic rings. The van der Waals surface area contributed by atoms with Gasteiger partial charge in [-0.05, 0) is 37.3 Å². The molecule has 0 aliphatic carbocycles. The third-order valence-electron chi connectivity index (χ3n) is 3.57. The van der Waals surface area contributed by atoms with E-state index >= 15 is 0 Å². The number of piperidine rings is 1. The molecular formula is C14H21N3O2. The number of hydrogen-bond acceptors (Lipinski definition) is 3. The van der Waals surface area contributed by atoms with Crippen LogP contribution in [0.4, 0.5) is 10.5 Å². The van der Waals surface area contributed by atoms with Crippen LogP contribution in [0.25, 0.3) is 0 Å². The first kappa shape index (κ1) is 13.8. The van der Waals surface area contributed by atoms with E-state index in [0.29, 0.717) is 12.5 Å². The summed E-state index contributed by atoms with van der Waals surface area (Å²) in [5.74, 6) is 5.65. The van der Waals surface area contributed by atoms with Crippen molar-refractivity contribution < 1.29 is 9.63 Å². The number of carbonyl (C=O) groups is 1. The lowest BCUT2D eigenvalue weighted by Crippen LogP contribution is -2.41. The Morgan fingerprint density at radius 1 is 1.32 bits per heavy atom. The minimum absolute atomic E-state index is 0.0141. The number of amides is 2. The highest BCUT2D eigenvalue weighted by molar-refractivity contribution is 5.89. The van der Waals surface area contributed by atoms with E-state index in [2.05, 4.69) is 10.2 Å². The number of urea groups is 1. The van der Waals surface area contributed by atoms with Gasteiger partial charge in [-0.1, -0.05) is 18.2 Å². The van der Waals surface area contributed by atoms with E-state index in [1.54, 1.807) is 0 Å². The summed E-state index contributed by atoms with van der Waals surface area (Å²) < 4.78 is 0. The Morgan fingerprint density at radius 2 is 2.00 bits per heavy atom. The molecule has 2 amide bonds. The Labute approximate surface area is 113 Å². The second-order valence-corrected chi connectivity index (χ2v) is 4.89. The Morgan fingerprint density at radius 3 is 2.63 bits per heavy atom. The molecule has 1 heterocycles. The van der Waals surface area contributed by atoms with E-state index in [-0.39, 0.29) is 6.03 Å². The lowest BCUT2D eigenvalue weighted by molar-refractivity contribution is 0.108. The van der Waals surface area contributed by atoms with E-state index in [1.807, 2.05) is 35.2 Å². The lowest BCUT2D eigenvalue weighted by atomic mass is 9.94. The van der Waals surface area contributed by atoms with Crippen LogP contribution in [0.3, 0.4) is 0 Å². The van der Waals surface area contributed by atoms with Crippen LogP contribution in [0, 0.1) is 5.92 Å². The molecule has 1 aliphatic heterocycles. The molecule has 0 bridgehead atoms. The zero-order valence-electron chi connectivity index (χ0n) is 11.0. The third kappa shape index (κ3) is 4.22. The van der Waals surface area contributed by atoms with E-state index < -0.39 is 0 Å². The number of carbonyl (C=O) groups excluding carboxylic acids is 1. The van der Waals surface area contributed by atoms with Crippen molar-refractivity contribution in [3.05, 3.63) is 30.3 Å². The van der Waals surface area contributed by atoms with Crippen LogP contribution < -0.4 is 11.2 Å². The minimum atomic E-state index is -0.0141. The van der Waals surface area contributed by atoms with Crippen molar-refractivity contribution in [3.8, 4) is 0 Å². The summed E-state index contributed by atoms with van der Waals surface area (Å²) in [4.78, 5) is 18.5. The molecule has 0 unspecified atom stereocenters. The summed E-state index contributed by atoms with van der Waals surface area (Å²) in [6.07, 6.45) is 3.02. The molecule has 5 heteroatoms. The monoisotopic (exact) mass is 263 g/mol. The van der Waals surface area contributed by atoms with Gasteiger partial charge in [0.25, 0.3) is 0 Å². The molecule has 1 fully saturated rings. The SMILES string of the molecule is NOCCC1CCN(C(=O)Nc2ccccc2)CC1. The topological polar surface area (TPSA) is 67.6 Å². The van der Waals surface area contributed by atoms with Crippen molar-refractivity contribution >= 4 is 11.7 Å². The van der Waals surface area contributed by atoms with Gasteiger partial charge < -0.3 is 15.1 Å². The fourth-order valence-corrected chi connectivity index (χ4v) is 2.38. The van der Waals surface area contributed by atoms with Gasteiger partial charge in [0.1, 0.15) is 0 Å². The molecule has 1 aliphatic rings. The first-order chi connectivity index (χ1) is 9.29. The summed E-state index contributed by atoms with van der Waals surface area (Å²) in [6.45, 7) is 2.20. The molecule has 104 valence electrons. The number of nitrogens with two attached hydrogens (primary N) is 1. The Balaban J connectivity index is 1.76. The van der Waals surface area contributed by atoms with Crippen molar-refractivity contribution in [2.24, 2.45) is 11.8 Å². The van der Waals surface area contributed by atoms with Gasteiger partial charge in [0.15, 0.2) is 0 Å². The molecule has 1 saturated heterocycles. The molecule has 1 aromatic carbocycles. The fraction of sp³-hybridized carbons (Fsp3) is 0.500. The molecule has 0 aromatic heterocycles. The number of likely N-dealkylation sites (tertiary alicyclic amines) is 1. The van der Waals surface area contributed by atoms with E-state index in [0.717, 1.165) is 38.0 Å². The highest BCUT2D eigenvalue weighted by atomic mass is 16.6. The maximum absolute atomic E-state index is 12.1. The van der Waals surface area contributed by atoms with Crippen LogP contribution in [0.15, 0.2) is 30.3 Å². The number of anilines is 1. The van der Waals surface area contributed by atoms with Gasteiger partial charge in [0.2, 0.25) is 0 Å². The lowest BCUT2D eigenvalue weighted by Gasteiger charge is -2.31. The van der Waals surface area contributed by atoms with Crippen molar-refractivity contribution in [2.75, 3.05) is 25.0 Å². The predicted octanol–water partition coefficient (Wildman–Crippen LogP) is 2.21. The largest absolute Gasteiger partial charge is 0.325 e. The zero-order chi connectivity index (χ0) is 13.5. The average Bonchev–Trinajstić information content (AvgIpc) is 2.46. The smallest absolute Gasteiger partial charge is 0.321 e. The number of hydrogen-bond donors (Lipinski definition) is 2. The van der Waals surface area contributed by atoms with Gasteiger partial charge in [0.05, 0.1) is 6.61 Å². The molecule has 3 N–H and O–H groups in total. The van der Waals surface area contributed by atoms with E-state index in [9.17, 15) is 4.79 Å². The minimum Gasteiger partial charge on any atom is -0.325 e. The number of para-hydroxylation sites is 1. The van der Waals surface area contributed by atoms with Crippen molar-refractivity contribution in [1.29, 1.82) is 0 Å². The first-order valence-corrected chi connectivity index (χ1v) is 6.72. The number of nitrogens with one attached hydrogen (secondary N) is 1. The summed E-state index contributed by atoms with van der Waals surface area (Å²) in [5, 5.41) is 2.91. The second kappa shape index (κ2) is 7.11. The summed E-state index contributed by atoms with van der Waals surface area (Å²) in [6, 6.07) is 9.52. The van der Waals surface area contributed by atoms with Crippen LogP contribution >= 0.6 is 0 Å². The highest BCUT2D eigenvalue weighted by Crippen LogP contribution is 2.21. The standard InChI is InChI=1S/C14H21N3O2/c15-19-11-8-12-6-9-17(10-7-12)14(18)16-13-4-2-1-3-5-13/h1-5,12H,6-11,15H2,(H,16,18). The number of nitrogens with zero attached hydrogens (tertiary/aromatic N) is 1. The summed E-state index contributed by atoms with van der Waals surface area (Å²) >= 11 is 0. The van der Waals surface area contributed by atoms with Gasteiger partial charge in [0, 0.05) is 18.8 Å². The maximum Gasteiger partial charge on any atom is 0.321 e. The van der Waals surface area contributed by atoms with Crippen LogP contribution in [-0.4, -0.2) is 30.6 Å². The fourth-order valence-electron chi connectivity index (χ4n) is 2.38. The maximum atomic E-state index is 12.1. The third-order valence-corrected chi connectivity index (χ3v) is 3.57. The van der Waals surface area contributed by atoms with Gasteiger partial charge >= 0.3 is 6.03 Å². The summed E-state index contributed by atoms with van der Waals surface area (Å²) in [5.41, 5.74) is 0.839. The first-order valence-electron chi connectivity index (χ1n) is 6.72. The highest BCUT2D eigenvalue weighted by Gasteiger charge is 2.22. The summed E-state index contributed by atoms with van der Waals surface area (Å²) in [7, 11) is 0. The average molecular weight is 263 g/mol. The molecule has 19 heavy (non-hydrogen) atoms. The molecule has 0 saturated carbocycles. The van der Waals surface area contributed by atoms with E-state index in [1.165, 1.54) is 0 Å². The van der Waals surface area contributed by atoms with Crippen molar-refractivity contribution in [3.63, 3.8) is 0 Å². The molecule has 0 spiro atoms. The zero-order valence-corrected chi connectivity index (χ0v) is 11.0. The van der Waals surface area contributed by atoms with Crippen molar-refractivity contribution in [1.82, 2.24) is 4.90 Å². The van der Waals surface area contributed by atoms with Crippen molar-refractivity contribution in [2.45, 2.75) is 19.3 Å².